The SMILES string of the molecule is CCC(CC(C)COC)SCc1ccccc1.CCSC(C)CC.CCc1ccc(C(=O)NC(CCSC)C(=O)O)c(-c2ccccc2C)c1. The van der Waals surface area contributed by atoms with Gasteiger partial charge in [0.1, 0.15) is 6.04 Å². The number of aliphatic carboxylic acids is 1. The van der Waals surface area contributed by atoms with Crippen LogP contribution in [0.5, 0.6) is 0 Å². The van der Waals surface area contributed by atoms with Crippen molar-refractivity contribution in [2.75, 3.05) is 31.5 Å². The van der Waals surface area contributed by atoms with Crippen LogP contribution >= 0.6 is 35.3 Å². The van der Waals surface area contributed by atoms with Gasteiger partial charge in [0.05, 0.1) is 0 Å². The topological polar surface area (TPSA) is 75.6 Å². The first-order chi connectivity index (χ1) is 24.0. The lowest BCUT2D eigenvalue weighted by atomic mass is 9.93. The lowest BCUT2D eigenvalue weighted by molar-refractivity contribution is -0.139. The number of carbonyl (C=O) groups is 2. The number of carbonyl (C=O) groups excluding carboxylic acids is 1. The van der Waals surface area contributed by atoms with E-state index in [4.69, 9.17) is 4.74 Å². The van der Waals surface area contributed by atoms with Crippen molar-refractivity contribution in [1.29, 1.82) is 0 Å². The fourth-order valence-electron chi connectivity index (χ4n) is 5.18. The molecular weight excluding hydrogens is 679 g/mol. The first-order valence-electron chi connectivity index (χ1n) is 18.0. The summed E-state index contributed by atoms with van der Waals surface area (Å²) in [6.45, 7) is 16.2. The predicted octanol–water partition coefficient (Wildman–Crippen LogP) is 11.1. The van der Waals surface area contributed by atoms with Gasteiger partial charge >= 0.3 is 5.97 Å². The highest BCUT2D eigenvalue weighted by atomic mass is 32.2. The van der Waals surface area contributed by atoms with E-state index < -0.39 is 12.0 Å². The van der Waals surface area contributed by atoms with Gasteiger partial charge in [-0.15, -0.1) is 0 Å². The first-order valence-corrected chi connectivity index (χ1v) is 21.5. The molecule has 0 spiro atoms. The van der Waals surface area contributed by atoms with E-state index in [-0.39, 0.29) is 5.91 Å². The van der Waals surface area contributed by atoms with Crippen molar-refractivity contribution in [2.45, 2.75) is 103 Å². The molecule has 0 fully saturated rings. The molecule has 3 rings (SSSR count). The average molecular weight is 742 g/mol. The van der Waals surface area contributed by atoms with Gasteiger partial charge in [-0.2, -0.15) is 35.3 Å². The lowest BCUT2D eigenvalue weighted by Gasteiger charge is -2.18. The van der Waals surface area contributed by atoms with Crippen LogP contribution < -0.4 is 5.32 Å². The molecule has 0 saturated heterocycles. The van der Waals surface area contributed by atoms with E-state index >= 15 is 0 Å². The number of methoxy groups -OCH3 is 1. The number of hydrogen-bond acceptors (Lipinski definition) is 6. The van der Waals surface area contributed by atoms with Gasteiger partial charge in [-0.25, -0.2) is 4.79 Å². The molecule has 4 unspecified atom stereocenters. The number of thioether (sulfide) groups is 3. The van der Waals surface area contributed by atoms with Gasteiger partial charge in [0.25, 0.3) is 5.91 Å². The van der Waals surface area contributed by atoms with Crippen molar-refractivity contribution in [2.24, 2.45) is 5.92 Å². The van der Waals surface area contributed by atoms with Crippen molar-refractivity contribution in [3.63, 3.8) is 0 Å². The van der Waals surface area contributed by atoms with Crippen LogP contribution in [0, 0.1) is 12.8 Å². The molecule has 0 aliphatic rings. The van der Waals surface area contributed by atoms with Crippen LogP contribution in [0.15, 0.2) is 72.8 Å². The predicted molar refractivity (Wildman–Crippen MR) is 223 cm³/mol. The quantitative estimate of drug-likeness (QED) is 0.127. The Balaban J connectivity index is 0.000000445. The third-order valence-corrected chi connectivity index (χ3v) is 11.7. The molecule has 278 valence electrons. The number of nitrogens with one attached hydrogen (secondary N) is 1. The van der Waals surface area contributed by atoms with Crippen LogP contribution in [0.2, 0.25) is 0 Å². The maximum atomic E-state index is 12.8. The number of ether oxygens (including phenoxy) is 1. The maximum absolute atomic E-state index is 12.8. The molecule has 3 aromatic carbocycles. The molecule has 8 heteroatoms. The van der Waals surface area contributed by atoms with Crippen molar-refractivity contribution < 1.29 is 19.4 Å². The van der Waals surface area contributed by atoms with Crippen molar-refractivity contribution in [3.8, 4) is 11.1 Å². The third kappa shape index (κ3) is 18.2. The van der Waals surface area contributed by atoms with E-state index in [9.17, 15) is 14.7 Å². The Bertz CT molecular complexity index is 1350. The zero-order valence-corrected chi connectivity index (χ0v) is 34.4. The zero-order chi connectivity index (χ0) is 37.3. The van der Waals surface area contributed by atoms with Gasteiger partial charge < -0.3 is 15.2 Å². The second kappa shape index (κ2) is 27.3. The highest BCUT2D eigenvalue weighted by molar-refractivity contribution is 7.99. The summed E-state index contributed by atoms with van der Waals surface area (Å²) in [5.74, 6) is 2.37. The number of carboxylic acids is 1. The summed E-state index contributed by atoms with van der Waals surface area (Å²) in [7, 11) is 1.79. The van der Waals surface area contributed by atoms with Crippen molar-refractivity contribution in [1.82, 2.24) is 5.32 Å². The summed E-state index contributed by atoms with van der Waals surface area (Å²) in [5, 5.41) is 13.7. The van der Waals surface area contributed by atoms with Crippen LogP contribution in [0.3, 0.4) is 0 Å². The van der Waals surface area contributed by atoms with Crippen LogP contribution in [-0.4, -0.2) is 65.0 Å². The van der Waals surface area contributed by atoms with E-state index in [0.29, 0.717) is 23.7 Å². The summed E-state index contributed by atoms with van der Waals surface area (Å²) in [4.78, 5) is 24.3. The summed E-state index contributed by atoms with van der Waals surface area (Å²) in [6, 6.07) is 23.5. The second-order valence-corrected chi connectivity index (χ2v) is 16.5. The van der Waals surface area contributed by atoms with Crippen LogP contribution in [0.1, 0.15) is 94.3 Å². The van der Waals surface area contributed by atoms with E-state index in [0.717, 1.165) is 51.5 Å². The monoisotopic (exact) mass is 741 g/mol. The Morgan fingerprint density at radius 1 is 0.860 bits per heavy atom. The minimum Gasteiger partial charge on any atom is -0.480 e. The minimum atomic E-state index is -1.00. The maximum Gasteiger partial charge on any atom is 0.326 e. The number of amides is 1. The normalized spacial score (nSPS) is 13.1. The van der Waals surface area contributed by atoms with Gasteiger partial charge in [0.15, 0.2) is 0 Å². The Morgan fingerprint density at radius 2 is 1.54 bits per heavy atom. The van der Waals surface area contributed by atoms with E-state index in [1.807, 2.05) is 61.3 Å². The molecule has 4 atom stereocenters. The van der Waals surface area contributed by atoms with Gasteiger partial charge in [-0.3, -0.25) is 4.79 Å². The van der Waals surface area contributed by atoms with Crippen LogP contribution in [0.4, 0.5) is 0 Å². The number of aryl methyl sites for hydroxylation is 2. The molecule has 0 heterocycles. The zero-order valence-electron chi connectivity index (χ0n) is 32.0. The molecule has 0 aliphatic carbocycles. The van der Waals surface area contributed by atoms with E-state index in [1.54, 1.807) is 24.9 Å². The largest absolute Gasteiger partial charge is 0.480 e. The first kappa shape index (κ1) is 45.6. The molecule has 3 aromatic rings. The third-order valence-electron chi connectivity index (χ3n) is 8.31. The van der Waals surface area contributed by atoms with E-state index in [1.165, 1.54) is 30.6 Å². The second-order valence-electron chi connectivity index (χ2n) is 12.5. The standard InChI is InChI=1S/C21H25NO3S.C15H24OS.C6H14S/c1-4-15-9-10-17(18(13-15)16-8-6-5-7-14(16)2)20(23)22-19(21(24)25)11-12-26-3;1-4-15(10-13(2)11-16-3)17-12-14-8-6-5-7-9-14;1-4-6(3)7-5-2/h5-10,13,19H,4,11-12H2,1-3H3,(H,22,23)(H,24,25);5-9,13,15H,4,10-12H2,1-3H3;6H,4-5H2,1-3H3. The lowest BCUT2D eigenvalue weighted by Crippen LogP contribution is -2.41. The van der Waals surface area contributed by atoms with Gasteiger partial charge in [-0.1, -0.05) is 108 Å². The number of carboxylic acid groups (broad SMARTS) is 1. The van der Waals surface area contributed by atoms with Crippen LogP contribution in [0.25, 0.3) is 11.1 Å². The Labute approximate surface area is 316 Å². The molecule has 2 N–H and O–H groups in total. The van der Waals surface area contributed by atoms with Gasteiger partial charge in [0, 0.05) is 35.5 Å². The summed E-state index contributed by atoms with van der Waals surface area (Å²) < 4.78 is 5.20. The Morgan fingerprint density at radius 3 is 2.08 bits per heavy atom. The molecule has 0 aliphatic heterocycles. The smallest absolute Gasteiger partial charge is 0.326 e. The fraction of sp³-hybridized carbons (Fsp3) is 0.524. The summed E-state index contributed by atoms with van der Waals surface area (Å²) in [5.41, 5.74) is 5.98. The molecule has 50 heavy (non-hydrogen) atoms. The summed E-state index contributed by atoms with van der Waals surface area (Å²) in [6.07, 6.45) is 6.98. The molecule has 5 nitrogen and oxygen atoms in total. The highest BCUT2D eigenvalue weighted by Gasteiger charge is 2.22. The van der Waals surface area contributed by atoms with Gasteiger partial charge in [-0.05, 0) is 96.6 Å². The molecular formula is C42H63NO4S3. The average Bonchev–Trinajstić information content (AvgIpc) is 3.12. The minimum absolute atomic E-state index is 0.348. The highest BCUT2D eigenvalue weighted by Crippen LogP contribution is 2.29. The number of rotatable bonds is 19. The van der Waals surface area contributed by atoms with Crippen molar-refractivity contribution in [3.05, 3.63) is 95.1 Å². The molecule has 0 aromatic heterocycles. The molecule has 1 amide bonds. The molecule has 0 radical (unpaired) electrons. The number of hydrogen-bond donors (Lipinski definition) is 2. The Hall–Kier alpha value is -2.39. The van der Waals surface area contributed by atoms with Crippen LogP contribution in [-0.2, 0) is 21.7 Å². The van der Waals surface area contributed by atoms with Gasteiger partial charge in [0.2, 0.25) is 0 Å². The number of benzene rings is 3. The van der Waals surface area contributed by atoms with Crippen molar-refractivity contribution >= 4 is 47.2 Å². The Kier molecular flexibility index (Phi) is 24.9. The molecule has 0 saturated carbocycles. The van der Waals surface area contributed by atoms with E-state index in [2.05, 4.69) is 89.0 Å². The molecule has 0 bridgehead atoms. The fourth-order valence-corrected chi connectivity index (χ4v) is 7.78. The summed E-state index contributed by atoms with van der Waals surface area (Å²) >= 11 is 5.67.